The summed E-state index contributed by atoms with van der Waals surface area (Å²) in [5, 5.41) is 2.01. The normalized spacial score (nSPS) is 12.7. The highest BCUT2D eigenvalue weighted by atomic mass is 32.1. The van der Waals surface area contributed by atoms with Crippen molar-refractivity contribution in [2.24, 2.45) is 5.84 Å². The van der Waals surface area contributed by atoms with E-state index >= 15 is 0 Å². The summed E-state index contributed by atoms with van der Waals surface area (Å²) in [6, 6.07) is 1.83. The molecule has 0 spiro atoms. The van der Waals surface area contributed by atoms with E-state index in [1.165, 1.54) is 0 Å². The van der Waals surface area contributed by atoms with Gasteiger partial charge >= 0.3 is 0 Å². The number of hydrogen-bond acceptors (Lipinski definition) is 6. The third-order valence-corrected chi connectivity index (χ3v) is 3.94. The number of imidazole rings is 1. The van der Waals surface area contributed by atoms with E-state index in [1.54, 1.807) is 30.8 Å². The molecule has 6 nitrogen and oxygen atoms in total. The Morgan fingerprint density at radius 2 is 2.45 bits per heavy atom. The second-order valence-electron chi connectivity index (χ2n) is 4.37. The maximum atomic E-state index is 5.69. The molecule has 0 amide bonds. The summed E-state index contributed by atoms with van der Waals surface area (Å²) in [5.41, 5.74) is 4.78. The van der Waals surface area contributed by atoms with E-state index in [4.69, 9.17) is 10.6 Å². The van der Waals surface area contributed by atoms with Crippen LogP contribution in [0.2, 0.25) is 0 Å². The summed E-state index contributed by atoms with van der Waals surface area (Å²) >= 11 is 1.61. The molecule has 3 heterocycles. The summed E-state index contributed by atoms with van der Waals surface area (Å²) in [6.07, 6.45) is 8.11. The van der Waals surface area contributed by atoms with Crippen molar-refractivity contribution in [2.45, 2.75) is 12.5 Å². The number of thiazole rings is 1. The van der Waals surface area contributed by atoms with Crippen LogP contribution in [0.15, 0.2) is 36.2 Å². The van der Waals surface area contributed by atoms with Crippen molar-refractivity contribution in [1.82, 2.24) is 19.8 Å². The van der Waals surface area contributed by atoms with E-state index in [9.17, 15) is 0 Å². The van der Waals surface area contributed by atoms with Gasteiger partial charge in [0.05, 0.1) is 25.0 Å². The van der Waals surface area contributed by atoms with Crippen LogP contribution >= 0.6 is 11.3 Å². The summed E-state index contributed by atoms with van der Waals surface area (Å²) in [6.45, 7) is 0. The van der Waals surface area contributed by atoms with E-state index in [0.717, 1.165) is 22.0 Å². The van der Waals surface area contributed by atoms with Gasteiger partial charge in [0.1, 0.15) is 5.75 Å². The Hall–Kier alpha value is -1.96. The Morgan fingerprint density at radius 3 is 3.20 bits per heavy atom. The number of hydrazine groups is 1. The van der Waals surface area contributed by atoms with Gasteiger partial charge in [0, 0.05) is 36.0 Å². The molecule has 0 aliphatic carbocycles. The highest BCUT2D eigenvalue weighted by Gasteiger charge is 2.17. The number of ether oxygens (including phenoxy) is 1. The highest BCUT2D eigenvalue weighted by molar-refractivity contribution is 7.15. The molecule has 1 unspecified atom stereocenters. The molecule has 3 aromatic rings. The molecule has 0 aliphatic rings. The van der Waals surface area contributed by atoms with Gasteiger partial charge < -0.3 is 4.74 Å². The third-order valence-electron chi connectivity index (χ3n) is 3.17. The Morgan fingerprint density at radius 1 is 1.55 bits per heavy atom. The van der Waals surface area contributed by atoms with Gasteiger partial charge in [0.15, 0.2) is 4.96 Å². The van der Waals surface area contributed by atoms with Crippen LogP contribution in [0.5, 0.6) is 5.75 Å². The molecule has 0 saturated heterocycles. The molecule has 3 rings (SSSR count). The van der Waals surface area contributed by atoms with Gasteiger partial charge in [0.25, 0.3) is 0 Å². The van der Waals surface area contributed by atoms with Crippen LogP contribution < -0.4 is 16.0 Å². The average Bonchev–Trinajstić information content (AvgIpc) is 3.05. The number of nitrogens with zero attached hydrogens (tertiary/aromatic N) is 3. The van der Waals surface area contributed by atoms with Crippen LogP contribution in [0.25, 0.3) is 4.96 Å². The SMILES string of the molecule is COc1cnccc1C(Cc1cn2ccsc2n1)NN. The average molecular weight is 289 g/mol. The summed E-state index contributed by atoms with van der Waals surface area (Å²) < 4.78 is 7.34. The lowest BCUT2D eigenvalue weighted by molar-refractivity contribution is 0.396. The van der Waals surface area contributed by atoms with Crippen LogP contribution in [0.4, 0.5) is 0 Å². The Bertz CT molecular complexity index is 679. The predicted molar refractivity (Wildman–Crippen MR) is 77.6 cm³/mol. The lowest BCUT2D eigenvalue weighted by atomic mass is 10.0. The van der Waals surface area contributed by atoms with E-state index in [1.807, 2.05) is 28.2 Å². The van der Waals surface area contributed by atoms with Gasteiger partial charge in [-0.2, -0.15) is 0 Å². The van der Waals surface area contributed by atoms with Crippen molar-refractivity contribution in [2.75, 3.05) is 7.11 Å². The first-order valence-electron chi connectivity index (χ1n) is 6.17. The number of nitrogens with one attached hydrogen (secondary N) is 1. The molecule has 0 radical (unpaired) electrons. The Labute approximate surface area is 120 Å². The molecule has 3 N–H and O–H groups in total. The van der Waals surface area contributed by atoms with E-state index in [0.29, 0.717) is 6.42 Å². The maximum absolute atomic E-state index is 5.69. The summed E-state index contributed by atoms with van der Waals surface area (Å²) in [4.78, 5) is 9.61. The molecule has 7 heteroatoms. The number of hydrogen-bond donors (Lipinski definition) is 2. The third kappa shape index (κ3) is 2.38. The Kier molecular flexibility index (Phi) is 3.64. The van der Waals surface area contributed by atoms with E-state index < -0.39 is 0 Å². The number of methoxy groups -OCH3 is 1. The summed E-state index contributed by atoms with van der Waals surface area (Å²) in [5.74, 6) is 6.41. The van der Waals surface area contributed by atoms with Gasteiger partial charge in [-0.15, -0.1) is 11.3 Å². The smallest absolute Gasteiger partial charge is 0.193 e. The zero-order valence-corrected chi connectivity index (χ0v) is 11.8. The second-order valence-corrected chi connectivity index (χ2v) is 5.24. The van der Waals surface area contributed by atoms with Gasteiger partial charge in [-0.05, 0) is 6.07 Å². The molecule has 0 bridgehead atoms. The van der Waals surface area contributed by atoms with E-state index in [2.05, 4.69) is 15.4 Å². The quantitative estimate of drug-likeness (QED) is 0.550. The van der Waals surface area contributed by atoms with E-state index in [-0.39, 0.29) is 6.04 Å². The van der Waals surface area contributed by atoms with Crippen LogP contribution in [-0.2, 0) is 6.42 Å². The van der Waals surface area contributed by atoms with Gasteiger partial charge in [-0.25, -0.2) is 4.98 Å². The molecule has 20 heavy (non-hydrogen) atoms. The zero-order valence-electron chi connectivity index (χ0n) is 11.0. The minimum atomic E-state index is -0.0717. The zero-order chi connectivity index (χ0) is 13.9. The van der Waals surface area contributed by atoms with Crippen molar-refractivity contribution in [3.8, 4) is 5.75 Å². The lowest BCUT2D eigenvalue weighted by Gasteiger charge is -2.17. The standard InChI is InChI=1S/C13H15N5OS/c1-19-12-7-15-3-2-10(12)11(17-14)6-9-8-18-4-5-20-13(18)16-9/h2-5,7-8,11,17H,6,14H2,1H3. The molecule has 3 aromatic heterocycles. The molecule has 104 valence electrons. The fourth-order valence-electron chi connectivity index (χ4n) is 2.19. The fraction of sp³-hybridized carbons (Fsp3) is 0.231. The minimum Gasteiger partial charge on any atom is -0.495 e. The molecular weight excluding hydrogens is 274 g/mol. The Balaban J connectivity index is 1.88. The van der Waals surface area contributed by atoms with Crippen molar-refractivity contribution in [3.63, 3.8) is 0 Å². The van der Waals surface area contributed by atoms with Crippen LogP contribution in [0.3, 0.4) is 0 Å². The van der Waals surface area contributed by atoms with Crippen LogP contribution in [0, 0.1) is 0 Å². The second kappa shape index (κ2) is 5.58. The number of pyridine rings is 1. The van der Waals surface area contributed by atoms with Crippen molar-refractivity contribution in [3.05, 3.63) is 47.5 Å². The lowest BCUT2D eigenvalue weighted by Crippen LogP contribution is -2.30. The topological polar surface area (TPSA) is 77.5 Å². The first kappa shape index (κ1) is 13.0. The number of rotatable bonds is 5. The number of fused-ring (bicyclic) bond motifs is 1. The van der Waals surface area contributed by atoms with Crippen molar-refractivity contribution < 1.29 is 4.74 Å². The maximum Gasteiger partial charge on any atom is 0.193 e. The van der Waals surface area contributed by atoms with Crippen LogP contribution in [0.1, 0.15) is 17.3 Å². The van der Waals surface area contributed by atoms with Gasteiger partial charge in [0.2, 0.25) is 0 Å². The number of nitrogens with two attached hydrogens (primary N) is 1. The molecule has 1 atom stereocenters. The number of aromatic nitrogens is 3. The van der Waals surface area contributed by atoms with Crippen molar-refractivity contribution in [1.29, 1.82) is 0 Å². The van der Waals surface area contributed by atoms with Crippen molar-refractivity contribution >= 4 is 16.3 Å². The summed E-state index contributed by atoms with van der Waals surface area (Å²) in [7, 11) is 1.63. The monoisotopic (exact) mass is 289 g/mol. The minimum absolute atomic E-state index is 0.0717. The molecular formula is C13H15N5OS. The van der Waals surface area contributed by atoms with Gasteiger partial charge in [-0.3, -0.25) is 20.7 Å². The molecule has 0 fully saturated rings. The fourth-order valence-corrected chi connectivity index (χ4v) is 2.91. The highest BCUT2D eigenvalue weighted by Crippen LogP contribution is 2.26. The molecule has 0 aromatic carbocycles. The first-order valence-corrected chi connectivity index (χ1v) is 7.05. The van der Waals surface area contributed by atoms with Gasteiger partial charge in [-0.1, -0.05) is 0 Å². The molecule has 0 saturated carbocycles. The largest absolute Gasteiger partial charge is 0.495 e. The van der Waals surface area contributed by atoms with Crippen LogP contribution in [-0.4, -0.2) is 21.5 Å². The first-order chi connectivity index (χ1) is 9.81. The molecule has 0 aliphatic heterocycles. The predicted octanol–water partition coefficient (Wildman–Crippen LogP) is 1.55.